The van der Waals surface area contributed by atoms with Crippen LogP contribution in [0, 0.1) is 17.2 Å². The van der Waals surface area contributed by atoms with Gasteiger partial charge < -0.3 is 16.8 Å². The van der Waals surface area contributed by atoms with Crippen LogP contribution >= 0.6 is 11.6 Å². The Morgan fingerprint density at radius 3 is 2.53 bits per heavy atom. The molecule has 0 heterocycles. The Morgan fingerprint density at radius 1 is 1.20 bits per heavy atom. The number of hydrogen-bond donors (Lipinski definition) is 4. The van der Waals surface area contributed by atoms with Crippen molar-refractivity contribution >= 4 is 23.5 Å². The first-order valence-electron chi connectivity index (χ1n) is 9.67. The van der Waals surface area contributed by atoms with Crippen LogP contribution in [-0.4, -0.2) is 24.6 Å². The van der Waals surface area contributed by atoms with E-state index in [4.69, 9.17) is 28.3 Å². The van der Waals surface area contributed by atoms with Gasteiger partial charge in [0.1, 0.15) is 0 Å². The Bertz CT molecular complexity index is 920. The normalized spacial score (nSPS) is 13.4. The number of amides is 1. The molecule has 0 bridgehead atoms. The average molecular weight is 427 g/mol. The minimum Gasteiger partial charge on any atom is -0.341 e. The van der Waals surface area contributed by atoms with Gasteiger partial charge in [0, 0.05) is 23.2 Å². The number of carbonyl (C=O) groups is 1. The molecule has 6 N–H and O–H groups in total. The smallest absolute Gasteiger partial charge is 0.257 e. The van der Waals surface area contributed by atoms with Gasteiger partial charge in [0.15, 0.2) is 5.96 Å². The van der Waals surface area contributed by atoms with Crippen LogP contribution < -0.4 is 22.1 Å². The number of nitriles is 1. The molecule has 1 amide bonds. The number of hydrogen-bond acceptors (Lipinski definition) is 5. The standard InChI is InChI=1S/C22H27ClN6O/c1-14(2)13-27-22(29-21(30)17-5-3-4-15(10-17)12-24)28-20(26)11-19(25)16-6-8-18(23)9-7-16/h3-10,14,19-20H,11,13,25-26H2,1-2H3,(H2,27,28,29,30). The highest BCUT2D eigenvalue weighted by Crippen LogP contribution is 2.17. The molecule has 0 saturated carbocycles. The molecule has 8 heteroatoms. The van der Waals surface area contributed by atoms with Crippen molar-refractivity contribution in [2.45, 2.75) is 32.5 Å². The zero-order valence-corrected chi connectivity index (χ0v) is 17.9. The van der Waals surface area contributed by atoms with Crippen molar-refractivity contribution in [2.75, 3.05) is 6.54 Å². The molecule has 30 heavy (non-hydrogen) atoms. The summed E-state index contributed by atoms with van der Waals surface area (Å²) in [7, 11) is 0. The van der Waals surface area contributed by atoms with Gasteiger partial charge in [-0.15, -0.1) is 0 Å². The monoisotopic (exact) mass is 426 g/mol. The second kappa shape index (κ2) is 11.3. The molecule has 0 spiro atoms. The largest absolute Gasteiger partial charge is 0.341 e. The summed E-state index contributed by atoms with van der Waals surface area (Å²) in [6.45, 7) is 4.56. The van der Waals surface area contributed by atoms with E-state index in [1.165, 1.54) is 6.07 Å². The molecule has 2 aromatic carbocycles. The summed E-state index contributed by atoms with van der Waals surface area (Å²) in [6, 6.07) is 15.4. The molecule has 0 aliphatic heterocycles. The van der Waals surface area contributed by atoms with E-state index < -0.39 is 6.17 Å². The summed E-state index contributed by atoms with van der Waals surface area (Å²) in [5.41, 5.74) is 14.1. The van der Waals surface area contributed by atoms with Crippen LogP contribution in [0.25, 0.3) is 0 Å². The number of nitrogens with zero attached hydrogens (tertiary/aromatic N) is 2. The second-order valence-electron chi connectivity index (χ2n) is 7.37. The molecule has 2 unspecified atom stereocenters. The number of rotatable bonds is 7. The van der Waals surface area contributed by atoms with Crippen molar-refractivity contribution in [1.82, 2.24) is 10.6 Å². The highest BCUT2D eigenvalue weighted by Gasteiger charge is 2.16. The first-order valence-corrected chi connectivity index (χ1v) is 10.1. The zero-order chi connectivity index (χ0) is 22.1. The second-order valence-corrected chi connectivity index (χ2v) is 7.81. The molecule has 0 aromatic heterocycles. The van der Waals surface area contributed by atoms with Gasteiger partial charge in [-0.25, -0.2) is 0 Å². The lowest BCUT2D eigenvalue weighted by Crippen LogP contribution is -2.50. The first kappa shape index (κ1) is 23.4. The maximum absolute atomic E-state index is 12.6. The number of nitrogens with two attached hydrogens (primary N) is 2. The lowest BCUT2D eigenvalue weighted by molar-refractivity contribution is 0.0975. The fourth-order valence-electron chi connectivity index (χ4n) is 2.66. The van der Waals surface area contributed by atoms with Gasteiger partial charge in [-0.3, -0.25) is 15.1 Å². The number of aliphatic imine (C=N–C) groups is 1. The SMILES string of the molecule is CC(C)CN=C(NC(=O)c1cccc(C#N)c1)NC(N)CC(N)c1ccc(Cl)cc1. The van der Waals surface area contributed by atoms with Crippen LogP contribution in [-0.2, 0) is 0 Å². The van der Waals surface area contributed by atoms with Crippen LogP contribution in [0.4, 0.5) is 0 Å². The van der Waals surface area contributed by atoms with Crippen molar-refractivity contribution in [3.8, 4) is 6.07 Å². The Kier molecular flexibility index (Phi) is 8.81. The van der Waals surface area contributed by atoms with E-state index in [2.05, 4.69) is 15.6 Å². The van der Waals surface area contributed by atoms with E-state index >= 15 is 0 Å². The van der Waals surface area contributed by atoms with E-state index in [1.54, 1.807) is 30.3 Å². The molecule has 2 atom stereocenters. The molecular formula is C22H27ClN6O. The van der Waals surface area contributed by atoms with E-state index in [1.807, 2.05) is 32.0 Å². The summed E-state index contributed by atoms with van der Waals surface area (Å²) in [6.07, 6.45) is -0.116. The highest BCUT2D eigenvalue weighted by atomic mass is 35.5. The van der Waals surface area contributed by atoms with Crippen LogP contribution in [0.3, 0.4) is 0 Å². The van der Waals surface area contributed by atoms with Crippen molar-refractivity contribution < 1.29 is 4.79 Å². The van der Waals surface area contributed by atoms with Crippen LogP contribution in [0.5, 0.6) is 0 Å². The minimum absolute atomic E-state index is 0.270. The fourth-order valence-corrected chi connectivity index (χ4v) is 2.78. The molecule has 0 aliphatic rings. The van der Waals surface area contributed by atoms with Crippen molar-refractivity contribution in [2.24, 2.45) is 22.4 Å². The lowest BCUT2D eigenvalue weighted by Gasteiger charge is -2.21. The Morgan fingerprint density at radius 2 is 1.90 bits per heavy atom. The molecular weight excluding hydrogens is 400 g/mol. The molecule has 0 saturated heterocycles. The van der Waals surface area contributed by atoms with Gasteiger partial charge >= 0.3 is 0 Å². The lowest BCUT2D eigenvalue weighted by atomic mass is 10.0. The molecule has 158 valence electrons. The summed E-state index contributed by atoms with van der Waals surface area (Å²) < 4.78 is 0. The van der Waals surface area contributed by atoms with E-state index in [0.29, 0.717) is 35.0 Å². The third kappa shape index (κ3) is 7.48. The Labute approximate surface area is 182 Å². The predicted octanol–water partition coefficient (Wildman–Crippen LogP) is 2.92. The van der Waals surface area contributed by atoms with Crippen molar-refractivity contribution in [3.63, 3.8) is 0 Å². The van der Waals surface area contributed by atoms with Gasteiger partial charge in [0.2, 0.25) is 0 Å². The van der Waals surface area contributed by atoms with Gasteiger partial charge in [-0.2, -0.15) is 5.26 Å². The molecule has 7 nitrogen and oxygen atoms in total. The van der Waals surface area contributed by atoms with Crippen LogP contribution in [0.1, 0.15) is 47.8 Å². The number of benzene rings is 2. The van der Waals surface area contributed by atoms with Crippen LogP contribution in [0.2, 0.25) is 5.02 Å². The quantitative estimate of drug-likeness (QED) is 0.307. The maximum atomic E-state index is 12.6. The van der Waals surface area contributed by atoms with Crippen molar-refractivity contribution in [3.05, 3.63) is 70.2 Å². The predicted molar refractivity (Wildman–Crippen MR) is 120 cm³/mol. The third-order valence-corrected chi connectivity index (χ3v) is 4.48. The maximum Gasteiger partial charge on any atom is 0.257 e. The molecule has 2 aromatic rings. The molecule has 0 radical (unpaired) electrons. The third-order valence-electron chi connectivity index (χ3n) is 4.23. The summed E-state index contributed by atoms with van der Waals surface area (Å²) >= 11 is 5.92. The van der Waals surface area contributed by atoms with Gasteiger partial charge in [-0.1, -0.05) is 43.6 Å². The number of carbonyl (C=O) groups excluding carboxylic acids is 1. The average Bonchev–Trinajstić information content (AvgIpc) is 2.72. The van der Waals surface area contributed by atoms with Gasteiger partial charge in [-0.05, 0) is 48.2 Å². The molecule has 0 fully saturated rings. The van der Waals surface area contributed by atoms with E-state index in [0.717, 1.165) is 5.56 Å². The number of guanidine groups is 1. The zero-order valence-electron chi connectivity index (χ0n) is 17.1. The number of nitrogens with one attached hydrogen (secondary N) is 2. The highest BCUT2D eigenvalue weighted by molar-refractivity contribution is 6.30. The molecule has 2 rings (SSSR count). The number of halogens is 1. The summed E-state index contributed by atoms with van der Waals surface area (Å²) in [4.78, 5) is 17.0. The minimum atomic E-state index is -0.535. The van der Waals surface area contributed by atoms with E-state index in [-0.39, 0.29) is 17.9 Å². The topological polar surface area (TPSA) is 129 Å². The van der Waals surface area contributed by atoms with Gasteiger partial charge in [0.05, 0.1) is 17.8 Å². The summed E-state index contributed by atoms with van der Waals surface area (Å²) in [5.74, 6) is 0.191. The first-order chi connectivity index (χ1) is 14.3. The van der Waals surface area contributed by atoms with Crippen molar-refractivity contribution in [1.29, 1.82) is 5.26 Å². The van der Waals surface area contributed by atoms with Crippen LogP contribution in [0.15, 0.2) is 53.5 Å². The summed E-state index contributed by atoms with van der Waals surface area (Å²) in [5, 5.41) is 15.5. The van der Waals surface area contributed by atoms with E-state index in [9.17, 15) is 4.79 Å². The fraction of sp³-hybridized carbons (Fsp3) is 0.318. The van der Waals surface area contributed by atoms with Gasteiger partial charge in [0.25, 0.3) is 5.91 Å². The Balaban J connectivity index is 2.06. The Hall–Kier alpha value is -2.92. The molecule has 0 aliphatic carbocycles.